The number of benzene rings is 1. The van der Waals surface area contributed by atoms with Crippen molar-refractivity contribution in [2.45, 2.75) is 12.8 Å². The molecule has 106 valence electrons. The molecule has 0 aliphatic heterocycles. The maximum Gasteiger partial charge on any atom is 0.186 e. The lowest BCUT2D eigenvalue weighted by Crippen LogP contribution is -2.13. The SMILES string of the molecule is COc1ccc(OC)c(-n2cc(CCl)c(=O)cc2C)c1. The van der Waals surface area contributed by atoms with Crippen molar-refractivity contribution in [3.8, 4) is 17.2 Å². The van der Waals surface area contributed by atoms with Crippen molar-refractivity contribution in [3.05, 3.63) is 51.9 Å². The van der Waals surface area contributed by atoms with Gasteiger partial charge in [-0.05, 0) is 19.1 Å². The van der Waals surface area contributed by atoms with E-state index in [1.807, 2.05) is 29.7 Å². The van der Waals surface area contributed by atoms with E-state index >= 15 is 0 Å². The number of hydrogen-bond donors (Lipinski definition) is 0. The smallest absolute Gasteiger partial charge is 0.186 e. The van der Waals surface area contributed by atoms with Crippen LogP contribution in [-0.4, -0.2) is 18.8 Å². The molecule has 0 bridgehead atoms. The molecule has 5 heteroatoms. The van der Waals surface area contributed by atoms with Crippen molar-refractivity contribution in [1.82, 2.24) is 4.57 Å². The normalized spacial score (nSPS) is 10.4. The van der Waals surface area contributed by atoms with Crippen LogP contribution in [0, 0.1) is 6.92 Å². The second-order valence-electron chi connectivity index (χ2n) is 4.35. The third kappa shape index (κ3) is 2.65. The summed E-state index contributed by atoms with van der Waals surface area (Å²) >= 11 is 5.81. The Balaban J connectivity index is 2.69. The van der Waals surface area contributed by atoms with Gasteiger partial charge >= 0.3 is 0 Å². The average molecular weight is 294 g/mol. The molecule has 0 amide bonds. The summed E-state index contributed by atoms with van der Waals surface area (Å²) in [6.07, 6.45) is 1.74. The fraction of sp³-hybridized carbons (Fsp3) is 0.267. The third-order valence-corrected chi connectivity index (χ3v) is 3.40. The largest absolute Gasteiger partial charge is 0.497 e. The number of hydrogen-bond acceptors (Lipinski definition) is 3. The molecule has 2 aromatic rings. The number of aromatic nitrogens is 1. The lowest BCUT2D eigenvalue weighted by atomic mass is 10.2. The van der Waals surface area contributed by atoms with Crippen LogP contribution in [0.15, 0.2) is 35.3 Å². The van der Waals surface area contributed by atoms with Gasteiger partial charge in [0.25, 0.3) is 0 Å². The zero-order valence-electron chi connectivity index (χ0n) is 11.6. The fourth-order valence-electron chi connectivity index (χ4n) is 2.02. The lowest BCUT2D eigenvalue weighted by molar-refractivity contribution is 0.401. The van der Waals surface area contributed by atoms with Crippen molar-refractivity contribution in [3.63, 3.8) is 0 Å². The first-order chi connectivity index (χ1) is 9.60. The van der Waals surface area contributed by atoms with Crippen LogP contribution >= 0.6 is 11.6 Å². The van der Waals surface area contributed by atoms with Gasteiger partial charge in [-0.3, -0.25) is 4.79 Å². The van der Waals surface area contributed by atoms with Crippen molar-refractivity contribution in [2.75, 3.05) is 14.2 Å². The Morgan fingerprint density at radius 2 is 1.95 bits per heavy atom. The van der Waals surface area contributed by atoms with Gasteiger partial charge in [0, 0.05) is 29.6 Å². The predicted molar refractivity (Wildman–Crippen MR) is 79.4 cm³/mol. The Labute approximate surface area is 122 Å². The predicted octanol–water partition coefficient (Wildman–Crippen LogP) is 2.90. The average Bonchev–Trinajstić information content (AvgIpc) is 2.47. The summed E-state index contributed by atoms with van der Waals surface area (Å²) in [7, 11) is 3.21. The molecule has 20 heavy (non-hydrogen) atoms. The molecule has 0 saturated heterocycles. The molecule has 0 unspecified atom stereocenters. The van der Waals surface area contributed by atoms with Crippen LogP contribution in [0.2, 0.25) is 0 Å². The van der Waals surface area contributed by atoms with Crippen LogP contribution < -0.4 is 14.9 Å². The highest BCUT2D eigenvalue weighted by Gasteiger charge is 2.10. The monoisotopic (exact) mass is 293 g/mol. The summed E-state index contributed by atoms with van der Waals surface area (Å²) in [6, 6.07) is 7.07. The number of methoxy groups -OCH3 is 2. The first-order valence-corrected chi connectivity index (χ1v) is 6.64. The maximum atomic E-state index is 11.8. The van der Waals surface area contributed by atoms with Crippen LogP contribution in [0.25, 0.3) is 5.69 Å². The highest BCUT2D eigenvalue weighted by atomic mass is 35.5. The highest BCUT2D eigenvalue weighted by Crippen LogP contribution is 2.28. The lowest BCUT2D eigenvalue weighted by Gasteiger charge is -2.16. The Hall–Kier alpha value is -1.94. The Kier molecular flexibility index (Phi) is 4.35. The Morgan fingerprint density at radius 3 is 2.55 bits per heavy atom. The molecule has 0 spiro atoms. The van der Waals surface area contributed by atoms with E-state index in [1.54, 1.807) is 26.5 Å². The van der Waals surface area contributed by atoms with Crippen LogP contribution in [0.3, 0.4) is 0 Å². The number of ether oxygens (including phenoxy) is 2. The summed E-state index contributed by atoms with van der Waals surface area (Å²) < 4.78 is 12.5. The van der Waals surface area contributed by atoms with Gasteiger partial charge in [0.05, 0.1) is 25.8 Å². The Morgan fingerprint density at radius 1 is 1.20 bits per heavy atom. The number of halogens is 1. The van der Waals surface area contributed by atoms with Crippen LogP contribution in [0.1, 0.15) is 11.3 Å². The quantitative estimate of drug-likeness (QED) is 0.814. The molecule has 0 fully saturated rings. The first kappa shape index (κ1) is 14.5. The van der Waals surface area contributed by atoms with Crippen LogP contribution in [0.5, 0.6) is 11.5 Å². The van der Waals surface area contributed by atoms with Crippen molar-refractivity contribution >= 4 is 11.6 Å². The molecule has 0 atom stereocenters. The van der Waals surface area contributed by atoms with E-state index in [9.17, 15) is 4.79 Å². The van der Waals surface area contributed by atoms with Gasteiger partial charge in [-0.2, -0.15) is 0 Å². The molecule has 0 radical (unpaired) electrons. The summed E-state index contributed by atoms with van der Waals surface area (Å²) in [6.45, 7) is 1.86. The van der Waals surface area contributed by atoms with Gasteiger partial charge in [0.15, 0.2) is 5.43 Å². The van der Waals surface area contributed by atoms with Gasteiger partial charge in [-0.1, -0.05) is 0 Å². The summed E-state index contributed by atoms with van der Waals surface area (Å²) in [5.41, 5.74) is 2.09. The standard InChI is InChI=1S/C15H16ClNO3/c1-10-6-14(18)11(8-16)9-17(10)13-7-12(19-2)4-5-15(13)20-3/h4-7,9H,8H2,1-3H3. The van der Waals surface area contributed by atoms with Gasteiger partial charge in [0.1, 0.15) is 11.5 Å². The van der Waals surface area contributed by atoms with Gasteiger partial charge < -0.3 is 14.0 Å². The molecule has 0 aliphatic carbocycles. The molecule has 0 saturated carbocycles. The zero-order valence-corrected chi connectivity index (χ0v) is 12.4. The van der Waals surface area contributed by atoms with Crippen LogP contribution in [0.4, 0.5) is 0 Å². The topological polar surface area (TPSA) is 40.5 Å². The van der Waals surface area contributed by atoms with Crippen LogP contribution in [-0.2, 0) is 5.88 Å². The minimum Gasteiger partial charge on any atom is -0.497 e. The number of pyridine rings is 1. The van der Waals surface area contributed by atoms with E-state index in [-0.39, 0.29) is 11.3 Å². The van der Waals surface area contributed by atoms with Gasteiger partial charge in [0.2, 0.25) is 0 Å². The number of nitrogens with zero attached hydrogens (tertiary/aromatic N) is 1. The highest BCUT2D eigenvalue weighted by molar-refractivity contribution is 6.17. The van der Waals surface area contributed by atoms with E-state index in [0.717, 1.165) is 11.4 Å². The number of alkyl halides is 1. The van der Waals surface area contributed by atoms with Crippen molar-refractivity contribution < 1.29 is 9.47 Å². The molecular weight excluding hydrogens is 278 g/mol. The molecule has 1 heterocycles. The third-order valence-electron chi connectivity index (χ3n) is 3.11. The minimum atomic E-state index is -0.0596. The first-order valence-electron chi connectivity index (χ1n) is 6.11. The maximum absolute atomic E-state index is 11.8. The molecule has 4 nitrogen and oxygen atoms in total. The molecule has 1 aromatic heterocycles. The van der Waals surface area contributed by atoms with Gasteiger partial charge in [-0.25, -0.2) is 0 Å². The molecule has 0 aliphatic rings. The fourth-order valence-corrected chi connectivity index (χ4v) is 2.22. The number of rotatable bonds is 4. The second-order valence-corrected chi connectivity index (χ2v) is 4.61. The minimum absolute atomic E-state index is 0.0596. The van der Waals surface area contributed by atoms with E-state index < -0.39 is 0 Å². The van der Waals surface area contributed by atoms with E-state index in [4.69, 9.17) is 21.1 Å². The van der Waals surface area contributed by atoms with Crippen molar-refractivity contribution in [1.29, 1.82) is 0 Å². The molecule has 1 aromatic carbocycles. The molecular formula is C15H16ClNO3. The van der Waals surface area contributed by atoms with E-state index in [1.165, 1.54) is 0 Å². The summed E-state index contributed by atoms with van der Waals surface area (Å²) in [4.78, 5) is 11.8. The van der Waals surface area contributed by atoms with Crippen molar-refractivity contribution in [2.24, 2.45) is 0 Å². The summed E-state index contributed by atoms with van der Waals surface area (Å²) in [5, 5.41) is 0. The van der Waals surface area contributed by atoms with Gasteiger partial charge in [-0.15, -0.1) is 11.6 Å². The number of aryl methyl sites for hydroxylation is 1. The molecule has 0 N–H and O–H groups in total. The van der Waals surface area contributed by atoms with E-state index in [2.05, 4.69) is 0 Å². The summed E-state index contributed by atoms with van der Waals surface area (Å²) in [5.74, 6) is 1.58. The second kappa shape index (κ2) is 6.01. The van der Waals surface area contributed by atoms with E-state index in [0.29, 0.717) is 17.1 Å². The molecule has 2 rings (SSSR count). The Bertz CT molecular complexity index is 679. The zero-order chi connectivity index (χ0) is 14.7.